The molecular formula is C18H22ClN3O2. The minimum atomic E-state index is 0. The molecule has 0 radical (unpaired) electrons. The Labute approximate surface area is 147 Å². The molecule has 4 rings (SSSR count). The summed E-state index contributed by atoms with van der Waals surface area (Å²) >= 11 is 0. The van der Waals surface area contributed by atoms with Gasteiger partial charge in [-0.15, -0.1) is 12.4 Å². The van der Waals surface area contributed by atoms with Crippen LogP contribution in [0, 0.1) is 18.3 Å². The minimum Gasteiger partial charge on any atom is -0.445 e. The number of nitrogens with one attached hydrogen (secondary N) is 2. The number of benzene rings is 1. The van der Waals surface area contributed by atoms with E-state index in [-0.39, 0.29) is 29.6 Å². The summed E-state index contributed by atoms with van der Waals surface area (Å²) in [6.07, 6.45) is 6.44. The number of hydrogen-bond donors (Lipinski definition) is 2. The monoisotopic (exact) mass is 347 g/mol. The van der Waals surface area contributed by atoms with E-state index in [9.17, 15) is 4.79 Å². The Kier molecular flexibility index (Phi) is 4.65. The number of amides is 1. The highest BCUT2D eigenvalue weighted by atomic mass is 35.5. The summed E-state index contributed by atoms with van der Waals surface area (Å²) in [5.74, 6) is 0.894. The van der Waals surface area contributed by atoms with E-state index < -0.39 is 0 Å². The van der Waals surface area contributed by atoms with Crippen molar-refractivity contribution in [3.63, 3.8) is 0 Å². The molecule has 1 aromatic carbocycles. The summed E-state index contributed by atoms with van der Waals surface area (Å²) < 4.78 is 5.38. The maximum absolute atomic E-state index is 12.6. The number of carbonyl (C=O) groups excluding carboxylic acids is 1. The molecule has 5 nitrogen and oxygen atoms in total. The number of aryl methyl sites for hydroxylation is 1. The fourth-order valence-electron chi connectivity index (χ4n) is 3.71. The topological polar surface area (TPSA) is 67.2 Å². The number of piperidine rings is 1. The van der Waals surface area contributed by atoms with Crippen LogP contribution in [0.25, 0.3) is 11.5 Å². The van der Waals surface area contributed by atoms with E-state index in [1.807, 2.05) is 25.1 Å². The van der Waals surface area contributed by atoms with E-state index in [0.717, 1.165) is 49.2 Å². The number of halogens is 1. The van der Waals surface area contributed by atoms with E-state index in [0.29, 0.717) is 5.89 Å². The van der Waals surface area contributed by atoms with Gasteiger partial charge in [0.15, 0.2) is 0 Å². The highest BCUT2D eigenvalue weighted by molar-refractivity contribution is 5.95. The molecular weight excluding hydrogens is 326 g/mol. The van der Waals surface area contributed by atoms with Crippen molar-refractivity contribution in [3.05, 3.63) is 36.2 Å². The van der Waals surface area contributed by atoms with Gasteiger partial charge in [-0.1, -0.05) is 6.07 Å². The normalized spacial score (nSPS) is 21.1. The Hall–Kier alpha value is -1.85. The molecule has 1 atom stereocenters. The van der Waals surface area contributed by atoms with Crippen molar-refractivity contribution >= 4 is 24.0 Å². The third-order valence-electron chi connectivity index (χ3n) is 5.27. The average Bonchev–Trinajstić information content (AvgIpc) is 2.99. The highest BCUT2D eigenvalue weighted by Gasteiger charge is 2.57. The lowest BCUT2D eigenvalue weighted by atomic mass is 9.92. The van der Waals surface area contributed by atoms with Crippen LogP contribution in [0.15, 0.2) is 35.1 Å². The number of carbonyl (C=O) groups is 1. The highest BCUT2D eigenvalue weighted by Crippen LogP contribution is 2.58. The molecule has 24 heavy (non-hydrogen) atoms. The van der Waals surface area contributed by atoms with Crippen molar-refractivity contribution in [1.29, 1.82) is 0 Å². The third-order valence-corrected chi connectivity index (χ3v) is 5.27. The van der Waals surface area contributed by atoms with Crippen LogP contribution in [0.2, 0.25) is 0 Å². The lowest BCUT2D eigenvalue weighted by molar-refractivity contribution is -0.118. The van der Waals surface area contributed by atoms with E-state index in [4.69, 9.17) is 4.42 Å². The van der Waals surface area contributed by atoms with Crippen molar-refractivity contribution in [2.75, 3.05) is 18.4 Å². The molecule has 1 spiro atoms. The summed E-state index contributed by atoms with van der Waals surface area (Å²) in [5, 5.41) is 6.45. The number of oxazole rings is 1. The zero-order valence-corrected chi connectivity index (χ0v) is 14.5. The summed E-state index contributed by atoms with van der Waals surface area (Å²) in [6.45, 7) is 4.07. The van der Waals surface area contributed by atoms with Gasteiger partial charge in [0.25, 0.3) is 0 Å². The van der Waals surface area contributed by atoms with Crippen molar-refractivity contribution in [1.82, 2.24) is 10.3 Å². The second-order valence-electron chi connectivity index (χ2n) is 6.73. The molecule has 2 heterocycles. The second-order valence-corrected chi connectivity index (χ2v) is 6.73. The average molecular weight is 348 g/mol. The van der Waals surface area contributed by atoms with Crippen LogP contribution < -0.4 is 10.6 Å². The van der Waals surface area contributed by atoms with Gasteiger partial charge in [-0.2, -0.15) is 0 Å². The molecule has 6 heteroatoms. The third kappa shape index (κ3) is 3.06. The lowest BCUT2D eigenvalue weighted by Gasteiger charge is -2.23. The molecule has 2 aliphatic rings. The van der Waals surface area contributed by atoms with Crippen LogP contribution in [-0.2, 0) is 4.79 Å². The lowest BCUT2D eigenvalue weighted by Crippen LogP contribution is -2.31. The van der Waals surface area contributed by atoms with Crippen LogP contribution in [0.1, 0.15) is 24.8 Å². The van der Waals surface area contributed by atoms with Crippen molar-refractivity contribution in [2.45, 2.75) is 26.2 Å². The Morgan fingerprint density at radius 2 is 2.17 bits per heavy atom. The Balaban J connectivity index is 0.00000169. The fraction of sp³-hybridized carbons (Fsp3) is 0.444. The summed E-state index contributed by atoms with van der Waals surface area (Å²) in [4.78, 5) is 16.8. The van der Waals surface area contributed by atoms with Crippen molar-refractivity contribution in [2.24, 2.45) is 11.3 Å². The first kappa shape index (κ1) is 17.0. The van der Waals surface area contributed by atoms with Gasteiger partial charge in [-0.3, -0.25) is 4.79 Å². The van der Waals surface area contributed by atoms with Gasteiger partial charge >= 0.3 is 0 Å². The summed E-state index contributed by atoms with van der Waals surface area (Å²) in [7, 11) is 0. The van der Waals surface area contributed by atoms with Gasteiger partial charge in [0.1, 0.15) is 6.26 Å². The number of rotatable bonds is 3. The van der Waals surface area contributed by atoms with Crippen LogP contribution in [-0.4, -0.2) is 24.0 Å². The molecule has 1 aromatic heterocycles. The summed E-state index contributed by atoms with van der Waals surface area (Å²) in [6, 6.07) is 5.87. The number of anilines is 1. The Morgan fingerprint density at radius 3 is 2.88 bits per heavy atom. The molecule has 1 aliphatic carbocycles. The molecule has 0 bridgehead atoms. The maximum atomic E-state index is 12.6. The Bertz CT molecular complexity index is 724. The molecule has 2 fully saturated rings. The Morgan fingerprint density at radius 1 is 1.38 bits per heavy atom. The van der Waals surface area contributed by atoms with Gasteiger partial charge in [0, 0.05) is 17.2 Å². The second kappa shape index (κ2) is 6.57. The van der Waals surface area contributed by atoms with E-state index in [2.05, 4.69) is 15.6 Å². The maximum Gasteiger partial charge on any atom is 0.228 e. The van der Waals surface area contributed by atoms with Gasteiger partial charge in [0.05, 0.1) is 6.20 Å². The largest absolute Gasteiger partial charge is 0.445 e. The van der Waals surface area contributed by atoms with Crippen LogP contribution in [0.5, 0.6) is 0 Å². The smallest absolute Gasteiger partial charge is 0.228 e. The van der Waals surface area contributed by atoms with Crippen molar-refractivity contribution < 1.29 is 9.21 Å². The predicted octanol–water partition coefficient (Wildman–Crippen LogP) is 3.40. The van der Waals surface area contributed by atoms with Gasteiger partial charge in [0.2, 0.25) is 11.8 Å². The quantitative estimate of drug-likeness (QED) is 0.893. The standard InChI is InChI=1S/C18H21N3O2.ClH/c1-12-2-3-13(10-14(12)17-20-8-9-23-17)21-16(22)15-11-18(15)4-6-19-7-5-18;/h2-3,8-10,15,19H,4-7,11H2,1H3,(H,21,22);1H. The number of aromatic nitrogens is 1. The van der Waals surface area contributed by atoms with Gasteiger partial charge in [-0.05, 0) is 62.4 Å². The first-order valence-electron chi connectivity index (χ1n) is 8.20. The predicted molar refractivity (Wildman–Crippen MR) is 95.2 cm³/mol. The van der Waals surface area contributed by atoms with Crippen molar-refractivity contribution in [3.8, 4) is 11.5 Å². The van der Waals surface area contributed by atoms with Crippen LogP contribution >= 0.6 is 12.4 Å². The molecule has 1 amide bonds. The number of hydrogen-bond acceptors (Lipinski definition) is 4. The molecule has 128 valence electrons. The van der Waals surface area contributed by atoms with Gasteiger partial charge < -0.3 is 15.1 Å². The molecule has 1 saturated heterocycles. The first-order valence-corrected chi connectivity index (χ1v) is 8.20. The SMILES string of the molecule is Cc1ccc(NC(=O)C2CC23CCNCC3)cc1-c1ncco1.Cl. The van der Waals surface area contributed by atoms with E-state index in [1.54, 1.807) is 12.5 Å². The molecule has 2 N–H and O–H groups in total. The minimum absolute atomic E-state index is 0. The first-order chi connectivity index (χ1) is 11.2. The van der Waals surface area contributed by atoms with Crippen LogP contribution in [0.3, 0.4) is 0 Å². The fourth-order valence-corrected chi connectivity index (χ4v) is 3.71. The van der Waals surface area contributed by atoms with E-state index in [1.165, 1.54) is 0 Å². The van der Waals surface area contributed by atoms with Crippen LogP contribution in [0.4, 0.5) is 5.69 Å². The van der Waals surface area contributed by atoms with Gasteiger partial charge in [-0.25, -0.2) is 4.98 Å². The van der Waals surface area contributed by atoms with E-state index >= 15 is 0 Å². The zero-order valence-electron chi connectivity index (χ0n) is 13.7. The molecule has 2 aromatic rings. The zero-order chi connectivity index (χ0) is 15.9. The molecule has 1 saturated carbocycles. The number of nitrogens with zero attached hydrogens (tertiary/aromatic N) is 1. The molecule has 1 aliphatic heterocycles. The molecule has 1 unspecified atom stereocenters. The summed E-state index contributed by atoms with van der Waals surface area (Å²) in [5.41, 5.74) is 3.06.